The van der Waals surface area contributed by atoms with Gasteiger partial charge in [0.15, 0.2) is 0 Å². The minimum atomic E-state index is -0.338. The lowest BCUT2D eigenvalue weighted by Crippen LogP contribution is -2.50. The molecule has 0 saturated carbocycles. The number of urea groups is 1. The third-order valence-electron chi connectivity index (χ3n) is 5.13. The Hall–Kier alpha value is -3.02. The molecule has 6 nitrogen and oxygen atoms in total. The summed E-state index contributed by atoms with van der Waals surface area (Å²) in [6.45, 7) is 8.89. The Kier molecular flexibility index (Phi) is 5.87. The topological polar surface area (TPSA) is 61.9 Å². The number of ether oxygens (including phenoxy) is 1. The standard InChI is InChI=1S/C22H27N3O3/c1-15-13-16(2)20(17(3)14-15)23-22(27)25-11-9-24(10-12-25)19-7-5-18(6-8-19)21(26)28-4/h5-8,13-14H,9-12H2,1-4H3,(H,23,27). The molecule has 1 aliphatic heterocycles. The quantitative estimate of drug-likeness (QED) is 0.823. The van der Waals surface area contributed by atoms with Gasteiger partial charge in [-0.1, -0.05) is 17.7 Å². The van der Waals surface area contributed by atoms with Crippen molar-refractivity contribution in [3.63, 3.8) is 0 Å². The molecular formula is C22H27N3O3. The normalized spacial score (nSPS) is 14.0. The van der Waals surface area contributed by atoms with E-state index in [-0.39, 0.29) is 12.0 Å². The second-order valence-corrected chi connectivity index (χ2v) is 7.22. The number of aryl methyl sites for hydroxylation is 3. The fourth-order valence-corrected chi connectivity index (χ4v) is 3.66. The van der Waals surface area contributed by atoms with Crippen LogP contribution in [0.5, 0.6) is 0 Å². The molecular weight excluding hydrogens is 354 g/mol. The van der Waals surface area contributed by atoms with Crippen LogP contribution in [-0.2, 0) is 4.74 Å². The highest BCUT2D eigenvalue weighted by Crippen LogP contribution is 2.23. The molecule has 2 aromatic carbocycles. The van der Waals surface area contributed by atoms with Gasteiger partial charge in [0.05, 0.1) is 12.7 Å². The number of esters is 1. The fourth-order valence-electron chi connectivity index (χ4n) is 3.66. The molecule has 0 bridgehead atoms. The van der Waals surface area contributed by atoms with Gasteiger partial charge in [0, 0.05) is 37.6 Å². The first kappa shape index (κ1) is 19.7. The summed E-state index contributed by atoms with van der Waals surface area (Å²) in [6, 6.07) is 11.5. The zero-order chi connectivity index (χ0) is 20.3. The molecule has 1 aliphatic rings. The molecule has 1 saturated heterocycles. The zero-order valence-electron chi connectivity index (χ0n) is 16.9. The predicted molar refractivity (Wildman–Crippen MR) is 111 cm³/mol. The fraction of sp³-hybridized carbons (Fsp3) is 0.364. The Balaban J connectivity index is 1.59. The molecule has 0 atom stereocenters. The van der Waals surface area contributed by atoms with Gasteiger partial charge in [-0.3, -0.25) is 0 Å². The number of benzene rings is 2. The van der Waals surface area contributed by atoms with E-state index in [1.807, 2.05) is 30.9 Å². The summed E-state index contributed by atoms with van der Waals surface area (Å²) in [5.74, 6) is -0.338. The smallest absolute Gasteiger partial charge is 0.337 e. The number of methoxy groups -OCH3 is 1. The maximum atomic E-state index is 12.7. The molecule has 2 aromatic rings. The van der Waals surface area contributed by atoms with Crippen molar-refractivity contribution in [3.05, 3.63) is 58.7 Å². The van der Waals surface area contributed by atoms with Gasteiger partial charge in [0.25, 0.3) is 0 Å². The van der Waals surface area contributed by atoms with Crippen LogP contribution in [0.1, 0.15) is 27.0 Å². The van der Waals surface area contributed by atoms with E-state index in [2.05, 4.69) is 29.3 Å². The first-order valence-corrected chi connectivity index (χ1v) is 9.46. The molecule has 148 valence electrons. The molecule has 0 aliphatic carbocycles. The number of nitrogens with one attached hydrogen (secondary N) is 1. The molecule has 0 radical (unpaired) electrons. The van der Waals surface area contributed by atoms with E-state index in [1.54, 1.807) is 12.1 Å². The van der Waals surface area contributed by atoms with Crippen molar-refractivity contribution >= 4 is 23.4 Å². The molecule has 1 fully saturated rings. The summed E-state index contributed by atoms with van der Waals surface area (Å²) in [5, 5.41) is 3.07. The number of amides is 2. The van der Waals surface area contributed by atoms with Gasteiger partial charge in [-0.25, -0.2) is 9.59 Å². The Morgan fingerprint density at radius 3 is 2.04 bits per heavy atom. The van der Waals surface area contributed by atoms with E-state index >= 15 is 0 Å². The Morgan fingerprint density at radius 2 is 1.50 bits per heavy atom. The number of hydrogen-bond acceptors (Lipinski definition) is 4. The summed E-state index contributed by atoms with van der Waals surface area (Å²) < 4.78 is 4.73. The SMILES string of the molecule is COC(=O)c1ccc(N2CCN(C(=O)Nc3c(C)cc(C)cc3C)CC2)cc1. The van der Waals surface area contributed by atoms with Crippen LogP contribution >= 0.6 is 0 Å². The van der Waals surface area contributed by atoms with E-state index in [0.29, 0.717) is 18.7 Å². The second kappa shape index (κ2) is 8.33. The van der Waals surface area contributed by atoms with Gasteiger partial charge in [-0.15, -0.1) is 0 Å². The molecule has 6 heteroatoms. The maximum absolute atomic E-state index is 12.7. The van der Waals surface area contributed by atoms with Gasteiger partial charge in [0.2, 0.25) is 0 Å². The monoisotopic (exact) mass is 381 g/mol. The van der Waals surface area contributed by atoms with Crippen molar-refractivity contribution in [2.24, 2.45) is 0 Å². The average Bonchev–Trinajstić information content (AvgIpc) is 2.70. The minimum absolute atomic E-state index is 0.0595. The predicted octanol–water partition coefficient (Wildman–Crippen LogP) is 3.75. The minimum Gasteiger partial charge on any atom is -0.465 e. The Labute approximate surface area is 166 Å². The lowest BCUT2D eigenvalue weighted by Gasteiger charge is -2.36. The molecule has 2 amide bonds. The first-order chi connectivity index (χ1) is 13.4. The van der Waals surface area contributed by atoms with E-state index in [4.69, 9.17) is 4.74 Å². The largest absolute Gasteiger partial charge is 0.465 e. The molecule has 0 spiro atoms. The van der Waals surface area contributed by atoms with Crippen molar-refractivity contribution in [2.75, 3.05) is 43.5 Å². The summed E-state index contributed by atoms with van der Waals surface area (Å²) in [5.41, 5.74) is 5.83. The average molecular weight is 381 g/mol. The second-order valence-electron chi connectivity index (χ2n) is 7.22. The van der Waals surface area contributed by atoms with E-state index in [0.717, 1.165) is 35.6 Å². The van der Waals surface area contributed by atoms with Gasteiger partial charge in [-0.05, 0) is 56.2 Å². The van der Waals surface area contributed by atoms with Crippen LogP contribution in [0.4, 0.5) is 16.2 Å². The van der Waals surface area contributed by atoms with Gasteiger partial charge in [0.1, 0.15) is 0 Å². The van der Waals surface area contributed by atoms with Crippen LogP contribution in [-0.4, -0.2) is 50.2 Å². The molecule has 0 unspecified atom stereocenters. The first-order valence-electron chi connectivity index (χ1n) is 9.46. The van der Waals surface area contributed by atoms with Crippen molar-refractivity contribution in [1.82, 2.24) is 4.90 Å². The maximum Gasteiger partial charge on any atom is 0.337 e. The van der Waals surface area contributed by atoms with E-state index in [9.17, 15) is 9.59 Å². The van der Waals surface area contributed by atoms with Crippen molar-refractivity contribution in [1.29, 1.82) is 0 Å². The van der Waals surface area contributed by atoms with Crippen LogP contribution in [0, 0.1) is 20.8 Å². The van der Waals surface area contributed by atoms with Crippen LogP contribution in [0.2, 0.25) is 0 Å². The summed E-state index contributed by atoms with van der Waals surface area (Å²) in [7, 11) is 1.38. The van der Waals surface area contributed by atoms with Gasteiger partial charge in [-0.2, -0.15) is 0 Å². The molecule has 1 heterocycles. The van der Waals surface area contributed by atoms with E-state index < -0.39 is 0 Å². The number of carbonyl (C=O) groups is 2. The summed E-state index contributed by atoms with van der Waals surface area (Å²) in [6.07, 6.45) is 0. The highest BCUT2D eigenvalue weighted by molar-refractivity contribution is 5.91. The number of nitrogens with zero attached hydrogens (tertiary/aromatic N) is 2. The van der Waals surface area contributed by atoms with Crippen molar-refractivity contribution < 1.29 is 14.3 Å². The molecule has 28 heavy (non-hydrogen) atoms. The number of piperazine rings is 1. The van der Waals surface area contributed by atoms with Crippen LogP contribution < -0.4 is 10.2 Å². The van der Waals surface area contributed by atoms with E-state index in [1.165, 1.54) is 12.7 Å². The summed E-state index contributed by atoms with van der Waals surface area (Å²) in [4.78, 5) is 28.3. The lowest BCUT2D eigenvalue weighted by molar-refractivity contribution is 0.0600. The van der Waals surface area contributed by atoms with Crippen LogP contribution in [0.25, 0.3) is 0 Å². The third-order valence-corrected chi connectivity index (χ3v) is 5.13. The number of hydrogen-bond donors (Lipinski definition) is 1. The van der Waals surface area contributed by atoms with Crippen LogP contribution in [0.3, 0.4) is 0 Å². The highest BCUT2D eigenvalue weighted by Gasteiger charge is 2.22. The Morgan fingerprint density at radius 1 is 0.929 bits per heavy atom. The summed E-state index contributed by atoms with van der Waals surface area (Å²) >= 11 is 0. The zero-order valence-corrected chi connectivity index (χ0v) is 16.9. The lowest BCUT2D eigenvalue weighted by atomic mass is 10.1. The molecule has 1 N–H and O–H groups in total. The number of rotatable bonds is 3. The molecule has 3 rings (SSSR count). The van der Waals surface area contributed by atoms with Crippen LogP contribution in [0.15, 0.2) is 36.4 Å². The molecule has 0 aromatic heterocycles. The van der Waals surface area contributed by atoms with Gasteiger partial charge >= 0.3 is 12.0 Å². The number of anilines is 2. The highest BCUT2D eigenvalue weighted by atomic mass is 16.5. The van der Waals surface area contributed by atoms with Crippen molar-refractivity contribution in [3.8, 4) is 0 Å². The third kappa shape index (κ3) is 4.27. The number of carbonyl (C=O) groups excluding carboxylic acids is 2. The Bertz CT molecular complexity index is 846. The van der Waals surface area contributed by atoms with Gasteiger partial charge < -0.3 is 19.9 Å². The van der Waals surface area contributed by atoms with Crippen molar-refractivity contribution in [2.45, 2.75) is 20.8 Å².